The van der Waals surface area contributed by atoms with Gasteiger partial charge in [0.05, 0.1) is 0 Å². The second kappa shape index (κ2) is 5.39. The van der Waals surface area contributed by atoms with Crippen LogP contribution in [0.1, 0.15) is 75.7 Å². The first-order valence-corrected chi connectivity index (χ1v) is 8.51. The van der Waals surface area contributed by atoms with Crippen molar-refractivity contribution in [3.05, 3.63) is 12.3 Å². The highest BCUT2D eigenvalue weighted by atomic mass is 16.1. The van der Waals surface area contributed by atoms with Crippen LogP contribution in [-0.4, -0.2) is 22.8 Å². The Morgan fingerprint density at radius 1 is 0.955 bits per heavy atom. The van der Waals surface area contributed by atoms with E-state index in [-0.39, 0.29) is 27.7 Å². The first-order chi connectivity index (χ1) is 9.58. The van der Waals surface area contributed by atoms with Gasteiger partial charge in [0.25, 0.3) is 0 Å². The molecule has 1 atom stereocenters. The summed E-state index contributed by atoms with van der Waals surface area (Å²) in [6, 6.07) is 0. The first kappa shape index (κ1) is 19.3. The average Bonchev–Trinajstić information content (AvgIpc) is 2.30. The van der Waals surface area contributed by atoms with Gasteiger partial charge in [-0.15, -0.1) is 0 Å². The fourth-order valence-corrected chi connectivity index (χ4v) is 3.89. The van der Waals surface area contributed by atoms with Crippen LogP contribution in [0.3, 0.4) is 0 Å². The number of ketones is 1. The van der Waals surface area contributed by atoms with E-state index in [1.54, 1.807) is 6.92 Å². The molecule has 1 unspecified atom stereocenters. The van der Waals surface area contributed by atoms with Crippen LogP contribution in [0.25, 0.3) is 0 Å². The van der Waals surface area contributed by atoms with Gasteiger partial charge in [-0.25, -0.2) is 0 Å². The Balaban J connectivity index is 3.58. The van der Waals surface area contributed by atoms with Crippen molar-refractivity contribution in [2.24, 2.45) is 22.2 Å². The van der Waals surface area contributed by atoms with Gasteiger partial charge in [0.1, 0.15) is 5.78 Å². The normalized spacial score (nSPS) is 29.4. The first-order valence-electron chi connectivity index (χ1n) is 8.51. The van der Waals surface area contributed by atoms with E-state index < -0.39 is 0 Å². The third-order valence-electron chi connectivity index (χ3n) is 7.17. The summed E-state index contributed by atoms with van der Waals surface area (Å²) in [7, 11) is 0. The van der Waals surface area contributed by atoms with Crippen LogP contribution >= 0.6 is 0 Å². The molecule has 0 aliphatic carbocycles. The van der Waals surface area contributed by atoms with E-state index in [1.165, 1.54) is 0 Å². The predicted octanol–water partition coefficient (Wildman–Crippen LogP) is 5.29. The molecule has 1 saturated heterocycles. The lowest BCUT2D eigenvalue weighted by Gasteiger charge is -2.61. The second-order valence-corrected chi connectivity index (χ2v) is 9.74. The third kappa shape index (κ3) is 2.86. The van der Waals surface area contributed by atoms with Crippen LogP contribution in [0.2, 0.25) is 0 Å². The van der Waals surface area contributed by atoms with E-state index in [0.29, 0.717) is 5.78 Å². The van der Waals surface area contributed by atoms with Gasteiger partial charge in [-0.2, -0.15) is 0 Å². The lowest BCUT2D eigenvalue weighted by Crippen LogP contribution is -2.62. The monoisotopic (exact) mass is 307 g/mol. The molecule has 0 saturated carbocycles. The lowest BCUT2D eigenvalue weighted by atomic mass is 9.53. The number of likely N-dealkylation sites (tertiary alicyclic amines) is 1. The maximum absolute atomic E-state index is 12.5. The maximum Gasteiger partial charge on any atom is 0.133 e. The molecule has 0 bridgehead atoms. The van der Waals surface area contributed by atoms with E-state index >= 15 is 0 Å². The van der Waals surface area contributed by atoms with Crippen molar-refractivity contribution in [2.75, 3.05) is 6.54 Å². The van der Waals surface area contributed by atoms with Gasteiger partial charge in [-0.3, -0.25) is 4.79 Å². The highest BCUT2D eigenvalue weighted by Gasteiger charge is 2.55. The molecule has 0 N–H and O–H groups in total. The van der Waals surface area contributed by atoms with Crippen molar-refractivity contribution in [1.82, 2.24) is 4.90 Å². The van der Waals surface area contributed by atoms with E-state index in [4.69, 9.17) is 0 Å². The van der Waals surface area contributed by atoms with Gasteiger partial charge in [-0.05, 0) is 50.4 Å². The smallest absolute Gasteiger partial charge is 0.133 e. The Bertz CT molecular complexity index is 424. The Labute approximate surface area is 138 Å². The van der Waals surface area contributed by atoms with Crippen molar-refractivity contribution in [3.63, 3.8) is 0 Å². The van der Waals surface area contributed by atoms with Crippen LogP contribution in [0.15, 0.2) is 12.3 Å². The summed E-state index contributed by atoms with van der Waals surface area (Å²) in [6.07, 6.45) is 0.940. The Hall–Kier alpha value is -0.790. The van der Waals surface area contributed by atoms with Gasteiger partial charge >= 0.3 is 0 Å². The van der Waals surface area contributed by atoms with Crippen LogP contribution in [0.4, 0.5) is 0 Å². The Morgan fingerprint density at radius 2 is 1.41 bits per heavy atom. The molecular formula is C20H37NO. The van der Waals surface area contributed by atoms with Gasteiger partial charge in [0.15, 0.2) is 0 Å². The van der Waals surface area contributed by atoms with Crippen molar-refractivity contribution in [2.45, 2.75) is 81.2 Å². The topological polar surface area (TPSA) is 20.3 Å². The second-order valence-electron chi connectivity index (χ2n) is 9.74. The summed E-state index contributed by atoms with van der Waals surface area (Å²) in [5.41, 5.74) is 1.04. The van der Waals surface area contributed by atoms with Crippen LogP contribution in [0, 0.1) is 22.2 Å². The molecular weight excluding hydrogens is 270 g/mol. The molecule has 0 aromatic heterocycles. The molecule has 1 aliphatic rings. The molecule has 128 valence electrons. The molecule has 22 heavy (non-hydrogen) atoms. The zero-order chi connectivity index (χ0) is 17.7. The standard InChI is InChI=1S/C20H37NO/c1-14(2)21-13-18(6,7)17(4,5)12-16(15(3)22)19(8,9)20(21,10)11/h16H,1,12-13H2,2-11H3. The number of allylic oxidation sites excluding steroid dienone is 1. The molecule has 0 aromatic rings. The number of carbonyl (C=O) groups excluding carboxylic acids is 1. The van der Waals surface area contributed by atoms with Crippen LogP contribution < -0.4 is 0 Å². The fraction of sp³-hybridized carbons (Fsp3) is 0.850. The number of rotatable bonds is 2. The third-order valence-corrected chi connectivity index (χ3v) is 7.17. The SMILES string of the molecule is C=C(C)N1CC(C)(C)C(C)(C)CC(C(C)=O)C(C)(C)C1(C)C. The average molecular weight is 308 g/mol. The van der Waals surface area contributed by atoms with Crippen LogP contribution in [0.5, 0.6) is 0 Å². The minimum atomic E-state index is -0.122. The predicted molar refractivity (Wildman–Crippen MR) is 95.7 cm³/mol. The summed E-state index contributed by atoms with van der Waals surface area (Å²) in [5, 5.41) is 0. The van der Waals surface area contributed by atoms with Gasteiger partial charge in [0, 0.05) is 23.7 Å². The van der Waals surface area contributed by atoms with Crippen molar-refractivity contribution < 1.29 is 4.79 Å². The summed E-state index contributed by atoms with van der Waals surface area (Å²) >= 11 is 0. The number of nitrogens with zero attached hydrogens (tertiary/aromatic N) is 1. The largest absolute Gasteiger partial charge is 0.369 e. The van der Waals surface area contributed by atoms with E-state index in [9.17, 15) is 4.79 Å². The molecule has 0 aromatic carbocycles. The van der Waals surface area contributed by atoms with E-state index in [2.05, 4.69) is 73.8 Å². The fourth-order valence-electron chi connectivity index (χ4n) is 3.89. The number of hydrogen-bond acceptors (Lipinski definition) is 2. The molecule has 1 fully saturated rings. The molecule has 1 rings (SSSR count). The molecule has 0 spiro atoms. The Kier molecular flexibility index (Phi) is 4.71. The number of Topliss-reactive ketones (excluding diaryl/α,β-unsaturated/α-hetero) is 1. The van der Waals surface area contributed by atoms with Gasteiger partial charge in [-0.1, -0.05) is 48.1 Å². The maximum atomic E-state index is 12.5. The molecule has 0 radical (unpaired) electrons. The summed E-state index contributed by atoms with van der Waals surface area (Å²) in [4.78, 5) is 14.9. The molecule has 1 heterocycles. The molecule has 2 heteroatoms. The summed E-state index contributed by atoms with van der Waals surface area (Å²) < 4.78 is 0. The summed E-state index contributed by atoms with van der Waals surface area (Å²) in [5.74, 6) is 0.365. The zero-order valence-corrected chi connectivity index (χ0v) is 16.6. The molecule has 1 aliphatic heterocycles. The molecule has 2 nitrogen and oxygen atoms in total. The van der Waals surface area contributed by atoms with Crippen LogP contribution in [-0.2, 0) is 4.79 Å². The number of carbonyl (C=O) groups is 1. The van der Waals surface area contributed by atoms with Gasteiger partial charge in [0.2, 0.25) is 0 Å². The zero-order valence-electron chi connectivity index (χ0n) is 16.6. The number of hydrogen-bond donors (Lipinski definition) is 0. The Morgan fingerprint density at radius 3 is 1.77 bits per heavy atom. The highest BCUT2D eigenvalue weighted by molar-refractivity contribution is 5.79. The van der Waals surface area contributed by atoms with Gasteiger partial charge < -0.3 is 4.90 Å². The quantitative estimate of drug-likeness (QED) is 0.691. The minimum absolute atomic E-state index is 0.0546. The lowest BCUT2D eigenvalue weighted by molar-refractivity contribution is -0.139. The van der Waals surface area contributed by atoms with E-state index in [0.717, 1.165) is 18.7 Å². The van der Waals surface area contributed by atoms with E-state index in [1.807, 2.05) is 0 Å². The minimum Gasteiger partial charge on any atom is -0.369 e. The molecule has 0 amide bonds. The van der Waals surface area contributed by atoms with Crippen molar-refractivity contribution >= 4 is 5.78 Å². The summed E-state index contributed by atoms with van der Waals surface area (Å²) in [6.45, 7) is 27.4. The van der Waals surface area contributed by atoms with Crippen molar-refractivity contribution in [1.29, 1.82) is 0 Å². The van der Waals surface area contributed by atoms with Crippen molar-refractivity contribution in [3.8, 4) is 0 Å². The highest BCUT2D eigenvalue weighted by Crippen LogP contribution is 2.55.